The van der Waals surface area contributed by atoms with Gasteiger partial charge in [0.1, 0.15) is 0 Å². The number of carbonyl (C=O) groups is 1. The summed E-state index contributed by atoms with van der Waals surface area (Å²) >= 11 is 0. The molecule has 0 heterocycles. The zero-order valence-electron chi connectivity index (χ0n) is 13.2. The van der Waals surface area contributed by atoms with Crippen LogP contribution in [0.4, 0.5) is 0 Å². The van der Waals surface area contributed by atoms with Gasteiger partial charge in [-0.15, -0.1) is 0 Å². The van der Waals surface area contributed by atoms with Crippen LogP contribution in [0, 0.1) is 11.3 Å². The van der Waals surface area contributed by atoms with Gasteiger partial charge < -0.3 is 11.1 Å². The molecular formula is C16H32N2O. The van der Waals surface area contributed by atoms with Gasteiger partial charge in [-0.1, -0.05) is 47.0 Å². The normalized spacial score (nSPS) is 26.6. The second kappa shape index (κ2) is 7.28. The largest absolute Gasteiger partial charge is 0.352 e. The van der Waals surface area contributed by atoms with Crippen molar-refractivity contribution >= 4 is 5.91 Å². The van der Waals surface area contributed by atoms with Gasteiger partial charge in [0.05, 0.1) is 0 Å². The molecule has 0 saturated heterocycles. The fraction of sp³-hybridized carbons (Fsp3) is 0.938. The Balaban J connectivity index is 2.37. The van der Waals surface area contributed by atoms with E-state index in [2.05, 4.69) is 33.0 Å². The molecular weight excluding hydrogens is 236 g/mol. The lowest BCUT2D eigenvalue weighted by Crippen LogP contribution is -2.47. The van der Waals surface area contributed by atoms with Crippen molar-refractivity contribution in [3.05, 3.63) is 0 Å². The van der Waals surface area contributed by atoms with Crippen LogP contribution in [0.25, 0.3) is 0 Å². The van der Waals surface area contributed by atoms with Crippen molar-refractivity contribution in [1.29, 1.82) is 0 Å². The molecule has 0 bridgehead atoms. The summed E-state index contributed by atoms with van der Waals surface area (Å²) in [5.74, 6) is 0.612. The van der Waals surface area contributed by atoms with Gasteiger partial charge in [-0.05, 0) is 30.6 Å². The van der Waals surface area contributed by atoms with Crippen molar-refractivity contribution in [2.24, 2.45) is 17.1 Å². The molecule has 3 unspecified atom stereocenters. The molecule has 0 aliphatic heterocycles. The molecule has 1 saturated carbocycles. The fourth-order valence-corrected chi connectivity index (χ4v) is 3.22. The molecule has 3 nitrogen and oxygen atoms in total. The molecule has 3 N–H and O–H groups in total. The van der Waals surface area contributed by atoms with Crippen LogP contribution in [0.5, 0.6) is 0 Å². The highest BCUT2D eigenvalue weighted by Gasteiger charge is 2.23. The topological polar surface area (TPSA) is 55.1 Å². The van der Waals surface area contributed by atoms with E-state index in [-0.39, 0.29) is 18.0 Å². The van der Waals surface area contributed by atoms with Crippen LogP contribution < -0.4 is 11.1 Å². The SMILES string of the molecule is CC(CC(=O)NC1CCCCCC1N)CC(C)(C)C. The van der Waals surface area contributed by atoms with Crippen molar-refractivity contribution in [2.75, 3.05) is 0 Å². The van der Waals surface area contributed by atoms with E-state index in [4.69, 9.17) is 5.73 Å². The van der Waals surface area contributed by atoms with Crippen LogP contribution in [-0.4, -0.2) is 18.0 Å². The summed E-state index contributed by atoms with van der Waals surface area (Å²) in [5.41, 5.74) is 6.44. The van der Waals surface area contributed by atoms with Crippen molar-refractivity contribution in [2.45, 2.75) is 84.7 Å². The average molecular weight is 268 g/mol. The van der Waals surface area contributed by atoms with E-state index in [1.54, 1.807) is 0 Å². The molecule has 112 valence electrons. The van der Waals surface area contributed by atoms with E-state index in [1.165, 1.54) is 19.3 Å². The number of carbonyl (C=O) groups excluding carboxylic acids is 1. The Labute approximate surface area is 118 Å². The summed E-state index contributed by atoms with van der Waals surface area (Å²) in [6, 6.07) is 0.334. The Morgan fingerprint density at radius 2 is 1.89 bits per heavy atom. The summed E-state index contributed by atoms with van der Waals surface area (Å²) < 4.78 is 0. The van der Waals surface area contributed by atoms with Crippen molar-refractivity contribution < 1.29 is 4.79 Å². The van der Waals surface area contributed by atoms with Crippen LogP contribution in [0.1, 0.15) is 72.6 Å². The third-order valence-corrected chi connectivity index (χ3v) is 3.91. The molecule has 0 aromatic rings. The lowest BCUT2D eigenvalue weighted by molar-refractivity contribution is -0.123. The van der Waals surface area contributed by atoms with E-state index < -0.39 is 0 Å². The minimum Gasteiger partial charge on any atom is -0.352 e. The quantitative estimate of drug-likeness (QED) is 0.769. The highest BCUT2D eigenvalue weighted by atomic mass is 16.1. The van der Waals surface area contributed by atoms with Crippen molar-refractivity contribution in [3.63, 3.8) is 0 Å². The number of rotatable bonds is 4. The van der Waals surface area contributed by atoms with Gasteiger partial charge in [0, 0.05) is 18.5 Å². The summed E-state index contributed by atoms with van der Waals surface area (Å²) in [6.45, 7) is 8.84. The minimum atomic E-state index is 0.143. The van der Waals surface area contributed by atoms with Crippen molar-refractivity contribution in [1.82, 2.24) is 5.32 Å². The first-order valence-corrected chi connectivity index (χ1v) is 7.83. The summed E-state index contributed by atoms with van der Waals surface area (Å²) in [5, 5.41) is 3.16. The Kier molecular flexibility index (Phi) is 6.31. The average Bonchev–Trinajstić information content (AvgIpc) is 2.41. The van der Waals surface area contributed by atoms with E-state index >= 15 is 0 Å². The molecule has 0 aromatic carbocycles. The lowest BCUT2D eigenvalue weighted by atomic mass is 9.84. The summed E-state index contributed by atoms with van der Waals surface area (Å²) in [4.78, 5) is 12.1. The van der Waals surface area contributed by atoms with Crippen LogP contribution in [-0.2, 0) is 4.79 Å². The van der Waals surface area contributed by atoms with Gasteiger partial charge in [0.2, 0.25) is 5.91 Å². The van der Waals surface area contributed by atoms with E-state index in [0.29, 0.717) is 17.8 Å². The number of amides is 1. The first-order valence-electron chi connectivity index (χ1n) is 7.83. The fourth-order valence-electron chi connectivity index (χ4n) is 3.22. The first kappa shape index (κ1) is 16.5. The zero-order valence-corrected chi connectivity index (χ0v) is 13.2. The van der Waals surface area contributed by atoms with Gasteiger partial charge in [0.15, 0.2) is 0 Å². The van der Waals surface area contributed by atoms with E-state index in [1.807, 2.05) is 0 Å². The third-order valence-electron chi connectivity index (χ3n) is 3.91. The molecule has 3 heteroatoms. The predicted octanol–water partition coefficient (Wildman–Crippen LogP) is 3.23. The molecule has 1 rings (SSSR count). The Hall–Kier alpha value is -0.570. The highest BCUT2D eigenvalue weighted by Crippen LogP contribution is 2.26. The third kappa shape index (κ3) is 6.95. The minimum absolute atomic E-state index is 0.143. The number of nitrogens with two attached hydrogens (primary N) is 1. The molecule has 3 atom stereocenters. The van der Waals surface area contributed by atoms with Gasteiger partial charge in [0.25, 0.3) is 0 Å². The maximum atomic E-state index is 12.1. The van der Waals surface area contributed by atoms with Crippen LogP contribution in [0.2, 0.25) is 0 Å². The Morgan fingerprint density at radius 3 is 2.53 bits per heavy atom. The van der Waals surface area contributed by atoms with Crippen LogP contribution in [0.3, 0.4) is 0 Å². The van der Waals surface area contributed by atoms with Gasteiger partial charge in [-0.2, -0.15) is 0 Å². The molecule has 1 aliphatic carbocycles. The maximum Gasteiger partial charge on any atom is 0.220 e. The Bertz CT molecular complexity index is 283. The summed E-state index contributed by atoms with van der Waals surface area (Å²) in [7, 11) is 0. The van der Waals surface area contributed by atoms with E-state index in [9.17, 15) is 4.79 Å². The highest BCUT2D eigenvalue weighted by molar-refractivity contribution is 5.76. The number of nitrogens with one attached hydrogen (secondary N) is 1. The number of hydrogen-bond acceptors (Lipinski definition) is 2. The molecule has 1 aliphatic rings. The molecule has 0 spiro atoms. The predicted molar refractivity (Wildman–Crippen MR) is 80.8 cm³/mol. The molecule has 1 fully saturated rings. The monoisotopic (exact) mass is 268 g/mol. The second-order valence-electron chi connectivity index (χ2n) is 7.55. The number of hydrogen-bond donors (Lipinski definition) is 2. The van der Waals surface area contributed by atoms with Gasteiger partial charge in [-0.3, -0.25) is 4.79 Å². The van der Waals surface area contributed by atoms with Crippen LogP contribution >= 0.6 is 0 Å². The molecule has 19 heavy (non-hydrogen) atoms. The van der Waals surface area contributed by atoms with E-state index in [0.717, 1.165) is 19.3 Å². The van der Waals surface area contributed by atoms with Gasteiger partial charge in [-0.25, -0.2) is 0 Å². The van der Waals surface area contributed by atoms with Crippen LogP contribution in [0.15, 0.2) is 0 Å². The zero-order chi connectivity index (χ0) is 14.5. The maximum absolute atomic E-state index is 12.1. The first-order chi connectivity index (χ1) is 8.78. The standard InChI is InChI=1S/C16H32N2O/c1-12(11-16(2,3)4)10-15(19)18-14-9-7-5-6-8-13(14)17/h12-14H,5-11,17H2,1-4H3,(H,18,19). The second-order valence-corrected chi connectivity index (χ2v) is 7.55. The molecule has 1 amide bonds. The van der Waals surface area contributed by atoms with Crippen molar-refractivity contribution in [3.8, 4) is 0 Å². The summed E-state index contributed by atoms with van der Waals surface area (Å²) in [6.07, 6.45) is 7.44. The Morgan fingerprint density at radius 1 is 1.26 bits per heavy atom. The smallest absolute Gasteiger partial charge is 0.220 e. The van der Waals surface area contributed by atoms with Gasteiger partial charge >= 0.3 is 0 Å². The molecule has 0 aromatic heterocycles. The molecule has 0 radical (unpaired) electrons. The lowest BCUT2D eigenvalue weighted by Gasteiger charge is -2.26.